The van der Waals surface area contributed by atoms with E-state index < -0.39 is 11.5 Å². The number of rotatable bonds is 4. The maximum Gasteiger partial charge on any atom is 0.265 e. The number of carbonyl (C=O) groups excluding carboxylic acids is 1. The lowest BCUT2D eigenvalue weighted by Crippen LogP contribution is -2.38. The number of fused-ring (bicyclic) bond motifs is 1. The highest BCUT2D eigenvalue weighted by Gasteiger charge is 2.29. The predicted molar refractivity (Wildman–Crippen MR) is 133 cm³/mol. The number of amides is 1. The number of aromatic nitrogens is 4. The van der Waals surface area contributed by atoms with Gasteiger partial charge in [0.25, 0.3) is 11.5 Å². The first kappa shape index (κ1) is 22.3. The molecule has 0 saturated carbocycles. The molecule has 3 aromatic heterocycles. The molecule has 1 saturated heterocycles. The number of nitrogens with zero attached hydrogens (tertiary/aromatic N) is 6. The Bertz CT molecular complexity index is 1550. The van der Waals surface area contributed by atoms with Crippen LogP contribution >= 0.6 is 0 Å². The van der Waals surface area contributed by atoms with E-state index in [1.165, 1.54) is 4.57 Å². The maximum atomic E-state index is 13.0. The summed E-state index contributed by atoms with van der Waals surface area (Å²) in [6, 6.07) is 13.4. The fourth-order valence-corrected chi connectivity index (χ4v) is 4.92. The molecular weight excluding hydrogens is 442 g/mol. The summed E-state index contributed by atoms with van der Waals surface area (Å²) in [5, 5.41) is 13.9. The third-order valence-electron chi connectivity index (χ3n) is 6.82. The van der Waals surface area contributed by atoms with Gasteiger partial charge in [-0.05, 0) is 55.0 Å². The molecule has 1 aliphatic heterocycles. The molecule has 4 heterocycles. The summed E-state index contributed by atoms with van der Waals surface area (Å²) in [5.74, 6) is -0.505. The van der Waals surface area contributed by atoms with Crippen molar-refractivity contribution in [3.05, 3.63) is 81.5 Å². The molecule has 1 aliphatic rings. The average molecular weight is 468 g/mol. The Balaban J connectivity index is 1.48. The normalized spacial score (nSPS) is 14.3. The van der Waals surface area contributed by atoms with Crippen molar-refractivity contribution in [1.29, 1.82) is 5.26 Å². The van der Waals surface area contributed by atoms with Crippen LogP contribution in [0.15, 0.2) is 53.6 Å². The van der Waals surface area contributed by atoms with Crippen LogP contribution in [0.3, 0.4) is 0 Å². The molecule has 0 spiro atoms. The first-order valence-electron chi connectivity index (χ1n) is 11.5. The predicted octanol–water partition coefficient (Wildman–Crippen LogP) is 2.78. The Morgan fingerprint density at radius 3 is 2.60 bits per heavy atom. The van der Waals surface area contributed by atoms with Crippen LogP contribution in [0.4, 0.5) is 5.69 Å². The lowest BCUT2D eigenvalue weighted by Gasteiger charge is -2.34. The number of para-hydroxylation sites is 1. The summed E-state index contributed by atoms with van der Waals surface area (Å²) in [7, 11) is 1.58. The van der Waals surface area contributed by atoms with Crippen LogP contribution in [0.2, 0.25) is 0 Å². The number of anilines is 1. The van der Waals surface area contributed by atoms with Gasteiger partial charge in [0.1, 0.15) is 22.8 Å². The highest BCUT2D eigenvalue weighted by atomic mass is 16.2. The molecule has 9 nitrogen and oxygen atoms in total. The number of primary amides is 1. The number of piperidine rings is 1. The summed E-state index contributed by atoms with van der Waals surface area (Å²) < 4.78 is 3.27. The highest BCUT2D eigenvalue weighted by molar-refractivity contribution is 6.05. The lowest BCUT2D eigenvalue weighted by atomic mass is 9.91. The van der Waals surface area contributed by atoms with Gasteiger partial charge in [0, 0.05) is 26.3 Å². The summed E-state index contributed by atoms with van der Waals surface area (Å²) in [6.45, 7) is 3.29. The minimum atomic E-state index is -0.798. The minimum absolute atomic E-state index is 0.0894. The molecule has 0 unspecified atom stereocenters. The van der Waals surface area contributed by atoms with E-state index in [2.05, 4.69) is 29.3 Å². The molecule has 35 heavy (non-hydrogen) atoms. The molecule has 0 bridgehead atoms. The molecule has 0 atom stereocenters. The van der Waals surface area contributed by atoms with Crippen LogP contribution < -0.4 is 16.2 Å². The van der Waals surface area contributed by atoms with E-state index in [9.17, 15) is 14.9 Å². The van der Waals surface area contributed by atoms with Gasteiger partial charge in [-0.25, -0.2) is 9.67 Å². The Hall–Kier alpha value is -4.45. The number of hydrogen-bond donors (Lipinski definition) is 1. The van der Waals surface area contributed by atoms with Crippen molar-refractivity contribution in [1.82, 2.24) is 19.3 Å². The number of hydrogen-bond acceptors (Lipinski definition) is 6. The Morgan fingerprint density at radius 2 is 1.91 bits per heavy atom. The van der Waals surface area contributed by atoms with Gasteiger partial charge in [0.15, 0.2) is 0 Å². The van der Waals surface area contributed by atoms with Crippen molar-refractivity contribution in [3.63, 3.8) is 0 Å². The van der Waals surface area contributed by atoms with Crippen molar-refractivity contribution in [2.24, 2.45) is 12.8 Å². The van der Waals surface area contributed by atoms with Gasteiger partial charge in [-0.1, -0.05) is 18.2 Å². The summed E-state index contributed by atoms with van der Waals surface area (Å²) in [4.78, 5) is 31.8. The largest absolute Gasteiger partial charge is 0.369 e. The Labute approximate surface area is 202 Å². The monoisotopic (exact) mass is 467 g/mol. The fraction of sp³-hybridized carbons (Fsp3) is 0.269. The van der Waals surface area contributed by atoms with Gasteiger partial charge >= 0.3 is 0 Å². The molecule has 176 valence electrons. The minimum Gasteiger partial charge on any atom is -0.369 e. The van der Waals surface area contributed by atoms with E-state index >= 15 is 0 Å². The van der Waals surface area contributed by atoms with Crippen molar-refractivity contribution < 1.29 is 4.79 Å². The smallest absolute Gasteiger partial charge is 0.265 e. The molecular formula is C26H25N7O2. The van der Waals surface area contributed by atoms with E-state index in [0.717, 1.165) is 29.7 Å². The van der Waals surface area contributed by atoms with Gasteiger partial charge in [0.05, 0.1) is 23.1 Å². The molecule has 0 aliphatic carbocycles. The molecule has 9 heteroatoms. The lowest BCUT2D eigenvalue weighted by molar-refractivity contribution is 0.0999. The van der Waals surface area contributed by atoms with Gasteiger partial charge in [-0.15, -0.1) is 0 Å². The van der Waals surface area contributed by atoms with Crippen LogP contribution in [0, 0.1) is 18.3 Å². The van der Waals surface area contributed by atoms with Crippen LogP contribution in [0.5, 0.6) is 0 Å². The Kier molecular flexibility index (Phi) is 5.57. The molecule has 2 N–H and O–H groups in total. The zero-order valence-corrected chi connectivity index (χ0v) is 19.6. The zero-order valence-electron chi connectivity index (χ0n) is 19.6. The van der Waals surface area contributed by atoms with Crippen LogP contribution in [0.25, 0.3) is 16.7 Å². The molecule has 0 radical (unpaired) electrons. The van der Waals surface area contributed by atoms with Gasteiger partial charge < -0.3 is 15.2 Å². The van der Waals surface area contributed by atoms with Gasteiger partial charge in [-0.3, -0.25) is 9.59 Å². The standard InChI is InChI=1S/C26H25N7O2/c1-16-5-3-4-6-20(16)33-15-18(14-29-33)17-9-11-32(12-10-17)24-22(25(28)34)26(35)31(2)21-8-7-19(13-27)30-23(21)24/h3-8,14-15,17H,9-12H2,1-2H3,(H2,28,34). The third-order valence-corrected chi connectivity index (χ3v) is 6.82. The molecule has 5 rings (SSSR count). The second-order valence-electron chi connectivity index (χ2n) is 8.89. The average Bonchev–Trinajstić information content (AvgIpc) is 3.36. The Morgan fingerprint density at radius 1 is 1.17 bits per heavy atom. The van der Waals surface area contributed by atoms with Crippen molar-refractivity contribution in [3.8, 4) is 11.8 Å². The topological polar surface area (TPSA) is 123 Å². The molecule has 1 amide bonds. The van der Waals surface area contributed by atoms with Crippen molar-refractivity contribution in [2.45, 2.75) is 25.7 Å². The number of nitrogens with two attached hydrogens (primary N) is 1. The molecule has 1 fully saturated rings. The van der Waals surface area contributed by atoms with E-state index in [1.807, 2.05) is 40.0 Å². The van der Waals surface area contributed by atoms with E-state index in [0.29, 0.717) is 35.7 Å². The number of carbonyl (C=O) groups is 1. The number of benzene rings is 1. The number of nitriles is 1. The van der Waals surface area contributed by atoms with Gasteiger partial charge in [-0.2, -0.15) is 10.4 Å². The fourth-order valence-electron chi connectivity index (χ4n) is 4.92. The van der Waals surface area contributed by atoms with Crippen molar-refractivity contribution >= 4 is 22.6 Å². The highest BCUT2D eigenvalue weighted by Crippen LogP contribution is 2.34. The number of pyridine rings is 2. The summed E-state index contributed by atoms with van der Waals surface area (Å²) in [6.07, 6.45) is 5.61. The number of aryl methyl sites for hydroxylation is 2. The van der Waals surface area contributed by atoms with Crippen LogP contribution in [0.1, 0.15) is 45.9 Å². The molecule has 4 aromatic rings. The second kappa shape index (κ2) is 8.72. The van der Waals surface area contributed by atoms with E-state index in [4.69, 9.17) is 5.73 Å². The first-order chi connectivity index (χ1) is 16.9. The van der Waals surface area contributed by atoms with Gasteiger partial charge in [0.2, 0.25) is 0 Å². The molecule has 1 aromatic carbocycles. The zero-order chi connectivity index (χ0) is 24.7. The summed E-state index contributed by atoms with van der Waals surface area (Å²) >= 11 is 0. The van der Waals surface area contributed by atoms with Crippen LogP contribution in [-0.2, 0) is 7.05 Å². The van der Waals surface area contributed by atoms with Crippen molar-refractivity contribution in [2.75, 3.05) is 18.0 Å². The van der Waals surface area contributed by atoms with E-state index in [-0.39, 0.29) is 11.3 Å². The maximum absolute atomic E-state index is 13.0. The quantitative estimate of drug-likeness (QED) is 0.492. The third kappa shape index (κ3) is 3.83. The van der Waals surface area contributed by atoms with Crippen LogP contribution in [-0.4, -0.2) is 38.3 Å². The second-order valence-corrected chi connectivity index (χ2v) is 8.89. The summed E-state index contributed by atoms with van der Waals surface area (Å²) in [5.41, 5.74) is 10.1. The first-order valence-corrected chi connectivity index (χ1v) is 11.5. The SMILES string of the molecule is Cc1ccccc1-n1cc(C2CCN(c3c(C(N)=O)c(=O)n(C)c4ccc(C#N)nc34)CC2)cn1. The van der Waals surface area contributed by atoms with E-state index in [1.54, 1.807) is 19.2 Å².